The Labute approximate surface area is 182 Å². The Hall–Kier alpha value is -4.20. The lowest BCUT2D eigenvalue weighted by Crippen LogP contribution is -2.40. The molecule has 32 heavy (non-hydrogen) atoms. The minimum atomic E-state index is -0.787. The maximum absolute atomic E-state index is 11.4. The van der Waals surface area contributed by atoms with Crippen molar-refractivity contribution in [2.45, 2.75) is 24.9 Å². The molecule has 8 nitrogen and oxygen atoms in total. The minimum absolute atomic E-state index is 0.104. The number of amides is 1. The summed E-state index contributed by atoms with van der Waals surface area (Å²) in [4.78, 5) is 26.4. The number of carbonyl (C=O) groups excluding carboxylic acids is 1. The number of furan rings is 1. The Morgan fingerprint density at radius 1 is 1.09 bits per heavy atom. The third kappa shape index (κ3) is 3.26. The molecule has 0 aliphatic heterocycles. The van der Waals surface area contributed by atoms with E-state index in [4.69, 9.17) is 14.9 Å². The number of hydrogen-bond donors (Lipinski definition) is 1. The lowest BCUT2D eigenvalue weighted by Gasteiger charge is -2.40. The Balaban J connectivity index is 1.64. The number of fused-ring (bicyclic) bond motifs is 1. The molecule has 1 aliphatic carbocycles. The summed E-state index contributed by atoms with van der Waals surface area (Å²) in [5.41, 5.74) is 8.06. The smallest absolute Gasteiger partial charge is 0.405 e. The SMILES string of the molecule is NC(=O)OC1(c2ccc(-c3oc4ncc([N+](=O)[O-])cc4c3-c3ccccc3)cc2)CCC1. The number of nitro groups is 1. The highest BCUT2D eigenvalue weighted by molar-refractivity contribution is 6.01. The molecule has 0 saturated heterocycles. The minimum Gasteiger partial charge on any atom is -0.438 e. The van der Waals surface area contributed by atoms with E-state index in [9.17, 15) is 14.9 Å². The van der Waals surface area contributed by atoms with Crippen molar-refractivity contribution in [3.05, 3.63) is 82.5 Å². The van der Waals surface area contributed by atoms with Crippen LogP contribution in [0.25, 0.3) is 33.6 Å². The van der Waals surface area contributed by atoms with Crippen molar-refractivity contribution in [1.29, 1.82) is 0 Å². The number of pyridine rings is 1. The van der Waals surface area contributed by atoms with Crippen LogP contribution in [-0.4, -0.2) is 16.0 Å². The standard InChI is InChI=1S/C24H19N3O5/c25-23(28)32-24(11-4-12-24)17-9-7-16(8-10-17)21-20(15-5-2-1-3-6-15)19-13-18(27(29)30)14-26-22(19)31-21/h1-3,5-10,13-14H,4,11-12H2,(H2,25,28). The average molecular weight is 429 g/mol. The zero-order chi connectivity index (χ0) is 22.3. The summed E-state index contributed by atoms with van der Waals surface area (Å²) >= 11 is 0. The molecule has 1 saturated carbocycles. The zero-order valence-electron chi connectivity index (χ0n) is 17.0. The van der Waals surface area contributed by atoms with Gasteiger partial charge in [0, 0.05) is 17.2 Å². The second-order valence-corrected chi connectivity index (χ2v) is 7.82. The molecule has 0 spiro atoms. The Kier molecular flexibility index (Phi) is 4.62. The first-order valence-electron chi connectivity index (χ1n) is 10.2. The summed E-state index contributed by atoms with van der Waals surface area (Å²) in [6.45, 7) is 0. The van der Waals surface area contributed by atoms with Gasteiger partial charge in [0.05, 0.1) is 10.3 Å². The molecule has 2 N–H and O–H groups in total. The van der Waals surface area contributed by atoms with Gasteiger partial charge in [0.25, 0.3) is 5.69 Å². The molecule has 1 aliphatic rings. The molecule has 0 bridgehead atoms. The van der Waals surface area contributed by atoms with Crippen LogP contribution in [0.3, 0.4) is 0 Å². The van der Waals surface area contributed by atoms with E-state index in [0.29, 0.717) is 16.9 Å². The van der Waals surface area contributed by atoms with Gasteiger partial charge in [-0.2, -0.15) is 0 Å². The molecule has 0 atom stereocenters. The number of benzene rings is 2. The van der Waals surface area contributed by atoms with E-state index in [1.54, 1.807) is 0 Å². The number of nitrogens with zero attached hydrogens (tertiary/aromatic N) is 2. The largest absolute Gasteiger partial charge is 0.438 e. The summed E-state index contributed by atoms with van der Waals surface area (Å²) in [6, 6.07) is 18.6. The number of hydrogen-bond acceptors (Lipinski definition) is 6. The van der Waals surface area contributed by atoms with E-state index in [1.165, 1.54) is 12.3 Å². The third-order valence-electron chi connectivity index (χ3n) is 5.94. The molecule has 2 heterocycles. The van der Waals surface area contributed by atoms with E-state index in [2.05, 4.69) is 4.98 Å². The summed E-state index contributed by atoms with van der Waals surface area (Å²) in [6.07, 6.45) is 2.81. The number of nitrogens with two attached hydrogens (primary N) is 1. The van der Waals surface area contributed by atoms with Crippen LogP contribution in [0.5, 0.6) is 0 Å². The molecule has 1 amide bonds. The molecular weight excluding hydrogens is 410 g/mol. The maximum Gasteiger partial charge on any atom is 0.405 e. The van der Waals surface area contributed by atoms with Crippen LogP contribution in [0, 0.1) is 10.1 Å². The number of aromatic nitrogens is 1. The van der Waals surface area contributed by atoms with E-state index in [-0.39, 0.29) is 5.69 Å². The summed E-state index contributed by atoms with van der Waals surface area (Å²) in [7, 11) is 0. The van der Waals surface area contributed by atoms with Gasteiger partial charge >= 0.3 is 6.09 Å². The van der Waals surface area contributed by atoms with Crippen LogP contribution >= 0.6 is 0 Å². The van der Waals surface area contributed by atoms with Gasteiger partial charge in [-0.1, -0.05) is 54.6 Å². The quantitative estimate of drug-likeness (QED) is 0.328. The van der Waals surface area contributed by atoms with E-state index in [0.717, 1.165) is 41.5 Å². The molecule has 0 radical (unpaired) electrons. The van der Waals surface area contributed by atoms with Gasteiger partial charge in [-0.05, 0) is 30.4 Å². The number of primary amides is 1. The number of rotatable bonds is 5. The fourth-order valence-electron chi connectivity index (χ4n) is 4.23. The van der Waals surface area contributed by atoms with Crippen LogP contribution in [0.1, 0.15) is 24.8 Å². The first-order valence-corrected chi connectivity index (χ1v) is 10.2. The molecule has 5 rings (SSSR count). The van der Waals surface area contributed by atoms with E-state index >= 15 is 0 Å². The van der Waals surface area contributed by atoms with Crippen LogP contribution in [0.4, 0.5) is 10.5 Å². The number of ether oxygens (including phenoxy) is 1. The lowest BCUT2D eigenvalue weighted by atomic mass is 9.74. The molecule has 160 valence electrons. The van der Waals surface area contributed by atoms with Gasteiger partial charge in [-0.3, -0.25) is 10.1 Å². The van der Waals surface area contributed by atoms with Crippen molar-refractivity contribution < 1.29 is 18.9 Å². The Bertz CT molecular complexity index is 1330. The highest BCUT2D eigenvalue weighted by Gasteiger charge is 2.42. The molecule has 8 heteroatoms. The molecule has 4 aromatic rings. The third-order valence-corrected chi connectivity index (χ3v) is 5.94. The van der Waals surface area contributed by atoms with E-state index < -0.39 is 16.6 Å². The fraction of sp³-hybridized carbons (Fsp3) is 0.167. The molecule has 2 aromatic carbocycles. The fourth-order valence-corrected chi connectivity index (χ4v) is 4.23. The summed E-state index contributed by atoms with van der Waals surface area (Å²) < 4.78 is 11.5. The van der Waals surface area contributed by atoms with Crippen molar-refractivity contribution in [3.8, 4) is 22.5 Å². The van der Waals surface area contributed by atoms with Crippen molar-refractivity contribution in [3.63, 3.8) is 0 Å². The predicted molar refractivity (Wildman–Crippen MR) is 118 cm³/mol. The molecule has 1 fully saturated rings. The van der Waals surface area contributed by atoms with E-state index in [1.807, 2.05) is 54.6 Å². The predicted octanol–water partition coefficient (Wildman–Crippen LogP) is 5.54. The molecule has 2 aromatic heterocycles. The van der Waals surface area contributed by atoms with Crippen LogP contribution in [0.2, 0.25) is 0 Å². The molecular formula is C24H19N3O5. The monoisotopic (exact) mass is 429 g/mol. The second kappa shape index (κ2) is 7.49. The van der Waals surface area contributed by atoms with Crippen molar-refractivity contribution >= 4 is 22.9 Å². The zero-order valence-corrected chi connectivity index (χ0v) is 17.0. The van der Waals surface area contributed by atoms with Crippen molar-refractivity contribution in [2.75, 3.05) is 0 Å². The molecule has 0 unspecified atom stereocenters. The Morgan fingerprint density at radius 2 is 1.81 bits per heavy atom. The lowest BCUT2D eigenvalue weighted by molar-refractivity contribution is -0.385. The van der Waals surface area contributed by atoms with Crippen molar-refractivity contribution in [2.24, 2.45) is 5.73 Å². The topological polar surface area (TPSA) is 121 Å². The maximum atomic E-state index is 11.4. The second-order valence-electron chi connectivity index (χ2n) is 7.82. The van der Waals surface area contributed by atoms with Gasteiger partial charge in [0.15, 0.2) is 0 Å². The van der Waals surface area contributed by atoms with Crippen molar-refractivity contribution in [1.82, 2.24) is 4.98 Å². The first kappa shape index (κ1) is 19.7. The van der Waals surface area contributed by atoms with Gasteiger partial charge in [0.1, 0.15) is 17.6 Å². The Morgan fingerprint density at radius 3 is 2.41 bits per heavy atom. The van der Waals surface area contributed by atoms with Gasteiger partial charge in [-0.25, -0.2) is 9.78 Å². The summed E-state index contributed by atoms with van der Waals surface area (Å²) in [5, 5.41) is 11.9. The summed E-state index contributed by atoms with van der Waals surface area (Å²) in [5.74, 6) is 0.559. The van der Waals surface area contributed by atoms with Gasteiger partial charge in [-0.15, -0.1) is 0 Å². The highest BCUT2D eigenvalue weighted by Crippen LogP contribution is 2.46. The van der Waals surface area contributed by atoms with Crippen LogP contribution < -0.4 is 5.73 Å². The number of carbonyl (C=O) groups is 1. The highest BCUT2D eigenvalue weighted by atomic mass is 16.6. The first-order chi connectivity index (χ1) is 15.5. The van der Waals surface area contributed by atoms with Crippen LogP contribution in [-0.2, 0) is 10.3 Å². The van der Waals surface area contributed by atoms with Gasteiger partial charge in [0.2, 0.25) is 5.71 Å². The normalized spacial score (nSPS) is 14.6. The van der Waals surface area contributed by atoms with Crippen LogP contribution in [0.15, 0.2) is 71.3 Å². The van der Waals surface area contributed by atoms with Gasteiger partial charge < -0.3 is 14.9 Å². The average Bonchev–Trinajstić information content (AvgIpc) is 3.15.